The van der Waals surface area contributed by atoms with Crippen molar-refractivity contribution in [3.63, 3.8) is 0 Å². The Kier molecular flexibility index (Phi) is 5.40. The summed E-state index contributed by atoms with van der Waals surface area (Å²) in [7, 11) is 2.83. The van der Waals surface area contributed by atoms with Crippen molar-refractivity contribution in [1.29, 1.82) is 0 Å². The van der Waals surface area contributed by atoms with E-state index in [0.717, 1.165) is 5.56 Å². The molecular formula is C22H23NO5. The van der Waals surface area contributed by atoms with E-state index >= 15 is 0 Å². The number of rotatable bonds is 5. The van der Waals surface area contributed by atoms with Crippen molar-refractivity contribution in [3.8, 4) is 11.5 Å². The number of ether oxygens (including phenoxy) is 3. The molecule has 2 aromatic carbocycles. The van der Waals surface area contributed by atoms with Crippen molar-refractivity contribution in [3.05, 3.63) is 64.9 Å². The van der Waals surface area contributed by atoms with Crippen LogP contribution in [0.25, 0.3) is 6.08 Å². The third-order valence-corrected chi connectivity index (χ3v) is 4.37. The van der Waals surface area contributed by atoms with Gasteiger partial charge in [0.2, 0.25) is 0 Å². The molecule has 0 bridgehead atoms. The number of carbonyl (C=O) groups excluding carboxylic acids is 2. The fraction of sp³-hybridized carbons (Fsp3) is 0.273. The van der Waals surface area contributed by atoms with Crippen LogP contribution in [-0.4, -0.2) is 31.7 Å². The van der Waals surface area contributed by atoms with Gasteiger partial charge in [0.25, 0.3) is 5.91 Å². The molecule has 1 aliphatic rings. The lowest BCUT2D eigenvalue weighted by Gasteiger charge is -2.17. The maximum atomic E-state index is 12.5. The molecule has 28 heavy (non-hydrogen) atoms. The van der Waals surface area contributed by atoms with Gasteiger partial charge in [0.05, 0.1) is 14.2 Å². The second-order valence-electron chi connectivity index (χ2n) is 7.12. The van der Waals surface area contributed by atoms with Gasteiger partial charge >= 0.3 is 5.97 Å². The molecule has 6 heteroatoms. The van der Waals surface area contributed by atoms with Gasteiger partial charge in [-0.3, -0.25) is 4.79 Å². The van der Waals surface area contributed by atoms with E-state index in [1.807, 2.05) is 26.0 Å². The van der Waals surface area contributed by atoms with Gasteiger partial charge < -0.3 is 19.5 Å². The second kappa shape index (κ2) is 7.76. The molecule has 0 spiro atoms. The Morgan fingerprint density at radius 2 is 1.86 bits per heavy atom. The summed E-state index contributed by atoms with van der Waals surface area (Å²) in [4.78, 5) is 24.7. The van der Waals surface area contributed by atoms with Gasteiger partial charge in [-0.1, -0.05) is 18.2 Å². The number of amides is 1. The van der Waals surface area contributed by atoms with Gasteiger partial charge in [-0.05, 0) is 49.8 Å². The van der Waals surface area contributed by atoms with Crippen molar-refractivity contribution in [2.45, 2.75) is 25.9 Å². The van der Waals surface area contributed by atoms with Crippen molar-refractivity contribution >= 4 is 18.0 Å². The number of methoxy groups -OCH3 is 2. The number of esters is 1. The van der Waals surface area contributed by atoms with E-state index in [0.29, 0.717) is 29.0 Å². The average Bonchev–Trinajstić information content (AvgIpc) is 3.00. The summed E-state index contributed by atoms with van der Waals surface area (Å²) in [6.07, 6.45) is 2.28. The number of fused-ring (bicyclic) bond motifs is 1. The molecule has 0 saturated carbocycles. The van der Waals surface area contributed by atoms with Gasteiger partial charge in [-0.15, -0.1) is 0 Å². The second-order valence-corrected chi connectivity index (χ2v) is 7.12. The Hall–Kier alpha value is -3.28. The summed E-state index contributed by atoms with van der Waals surface area (Å²) in [5.74, 6) is 0.251. The zero-order chi connectivity index (χ0) is 20.3. The van der Waals surface area contributed by atoms with E-state index in [4.69, 9.17) is 14.2 Å². The molecule has 2 aromatic rings. The molecule has 6 nitrogen and oxygen atoms in total. The predicted molar refractivity (Wildman–Crippen MR) is 105 cm³/mol. The number of carbonyl (C=O) groups is 2. The molecule has 0 aliphatic carbocycles. The fourth-order valence-corrected chi connectivity index (χ4v) is 3.14. The summed E-state index contributed by atoms with van der Waals surface area (Å²) in [6.45, 7) is 4.00. The normalized spacial score (nSPS) is 14.6. The van der Waals surface area contributed by atoms with Gasteiger partial charge in [-0.2, -0.15) is 0 Å². The molecule has 0 atom stereocenters. The molecule has 0 radical (unpaired) electrons. The molecule has 0 unspecified atom stereocenters. The lowest BCUT2D eigenvalue weighted by molar-refractivity contribution is -0.136. The highest BCUT2D eigenvalue weighted by atomic mass is 16.5. The van der Waals surface area contributed by atoms with Crippen LogP contribution in [0.4, 0.5) is 0 Å². The molecule has 1 N–H and O–H groups in total. The monoisotopic (exact) mass is 381 g/mol. The summed E-state index contributed by atoms with van der Waals surface area (Å²) >= 11 is 0. The van der Waals surface area contributed by atoms with E-state index in [9.17, 15) is 9.59 Å². The van der Waals surface area contributed by atoms with E-state index in [1.54, 1.807) is 43.5 Å². The first-order valence-electron chi connectivity index (χ1n) is 8.89. The molecule has 1 aliphatic heterocycles. The number of nitrogens with one attached hydrogen (secondary N) is 1. The Morgan fingerprint density at radius 3 is 2.50 bits per heavy atom. The van der Waals surface area contributed by atoms with Crippen molar-refractivity contribution in [2.75, 3.05) is 14.2 Å². The van der Waals surface area contributed by atoms with Gasteiger partial charge in [0.1, 0.15) is 11.3 Å². The van der Waals surface area contributed by atoms with Crippen molar-refractivity contribution < 1.29 is 23.8 Å². The topological polar surface area (TPSA) is 73.9 Å². The van der Waals surface area contributed by atoms with Gasteiger partial charge in [-0.25, -0.2) is 4.79 Å². The Balaban J connectivity index is 1.95. The number of hydrogen-bond acceptors (Lipinski definition) is 5. The highest BCUT2D eigenvalue weighted by Crippen LogP contribution is 2.43. The standard InChI is InChI=1S/C22H23NO5/c1-22(2)13-16-10-14(12-18(26-3)19(16)28-22)11-17(21(25)27-4)23-20(24)15-8-6-5-7-9-15/h5-12H,13H2,1-4H3,(H,23,24). The van der Waals surface area contributed by atoms with Crippen LogP contribution in [0, 0.1) is 0 Å². The van der Waals surface area contributed by atoms with E-state index < -0.39 is 11.9 Å². The first-order valence-corrected chi connectivity index (χ1v) is 8.89. The zero-order valence-electron chi connectivity index (χ0n) is 16.4. The van der Waals surface area contributed by atoms with Crippen molar-refractivity contribution in [2.24, 2.45) is 0 Å². The van der Waals surface area contributed by atoms with Crippen LogP contribution in [0.5, 0.6) is 11.5 Å². The fourth-order valence-electron chi connectivity index (χ4n) is 3.14. The highest BCUT2D eigenvalue weighted by Gasteiger charge is 2.32. The van der Waals surface area contributed by atoms with Crippen LogP contribution in [0.2, 0.25) is 0 Å². The molecule has 1 amide bonds. The summed E-state index contributed by atoms with van der Waals surface area (Å²) in [5.41, 5.74) is 1.83. The quantitative estimate of drug-likeness (QED) is 0.635. The molecule has 0 saturated heterocycles. The molecule has 0 fully saturated rings. The maximum absolute atomic E-state index is 12.5. The minimum absolute atomic E-state index is 0.0385. The minimum Gasteiger partial charge on any atom is -0.493 e. The minimum atomic E-state index is -0.639. The van der Waals surface area contributed by atoms with Crippen LogP contribution in [0.3, 0.4) is 0 Å². The lowest BCUT2D eigenvalue weighted by atomic mass is 9.99. The van der Waals surface area contributed by atoms with E-state index in [-0.39, 0.29) is 11.3 Å². The molecule has 0 aromatic heterocycles. The summed E-state index contributed by atoms with van der Waals surface area (Å²) in [5, 5.41) is 2.63. The Bertz CT molecular complexity index is 931. The van der Waals surface area contributed by atoms with Gasteiger partial charge in [0.15, 0.2) is 11.5 Å². The van der Waals surface area contributed by atoms with Crippen LogP contribution >= 0.6 is 0 Å². The van der Waals surface area contributed by atoms with E-state index in [1.165, 1.54) is 7.11 Å². The molecule has 3 rings (SSSR count). The molecular weight excluding hydrogens is 358 g/mol. The number of benzene rings is 2. The SMILES string of the molecule is COC(=O)C(=Cc1cc2c(c(OC)c1)OC(C)(C)C2)NC(=O)c1ccccc1. The predicted octanol–water partition coefficient (Wildman–Crippen LogP) is 3.35. The first kappa shape index (κ1) is 19.5. The maximum Gasteiger partial charge on any atom is 0.354 e. The summed E-state index contributed by atoms with van der Waals surface area (Å²) in [6, 6.07) is 12.3. The lowest BCUT2D eigenvalue weighted by Crippen LogP contribution is -2.28. The third kappa shape index (κ3) is 4.17. The Labute approximate surface area is 164 Å². The smallest absolute Gasteiger partial charge is 0.354 e. The zero-order valence-corrected chi connectivity index (χ0v) is 16.4. The van der Waals surface area contributed by atoms with Crippen LogP contribution in [0.1, 0.15) is 35.3 Å². The number of hydrogen-bond donors (Lipinski definition) is 1. The molecule has 1 heterocycles. The average molecular weight is 381 g/mol. The van der Waals surface area contributed by atoms with Crippen LogP contribution < -0.4 is 14.8 Å². The highest BCUT2D eigenvalue weighted by molar-refractivity contribution is 6.03. The largest absolute Gasteiger partial charge is 0.493 e. The first-order chi connectivity index (χ1) is 13.3. The van der Waals surface area contributed by atoms with Gasteiger partial charge in [0, 0.05) is 17.5 Å². The molecule has 146 valence electrons. The Morgan fingerprint density at radius 1 is 1.14 bits per heavy atom. The van der Waals surface area contributed by atoms with E-state index in [2.05, 4.69) is 5.32 Å². The summed E-state index contributed by atoms with van der Waals surface area (Å²) < 4.78 is 16.2. The van der Waals surface area contributed by atoms with Crippen LogP contribution in [-0.2, 0) is 16.0 Å². The van der Waals surface area contributed by atoms with Crippen molar-refractivity contribution in [1.82, 2.24) is 5.32 Å². The van der Waals surface area contributed by atoms with Crippen LogP contribution in [0.15, 0.2) is 48.2 Å². The third-order valence-electron chi connectivity index (χ3n) is 4.37.